The predicted molar refractivity (Wildman–Crippen MR) is 98.0 cm³/mol. The van der Waals surface area contributed by atoms with E-state index < -0.39 is 24.1 Å². The summed E-state index contributed by atoms with van der Waals surface area (Å²) < 4.78 is 11.1. The molecule has 0 fully saturated rings. The Morgan fingerprint density at radius 1 is 1.00 bits per heavy atom. The molecule has 27 heavy (non-hydrogen) atoms. The first-order valence-electron chi connectivity index (χ1n) is 8.66. The highest BCUT2D eigenvalue weighted by Gasteiger charge is 2.34. The van der Waals surface area contributed by atoms with Crippen molar-refractivity contribution in [3.05, 3.63) is 101 Å². The van der Waals surface area contributed by atoms with E-state index in [4.69, 9.17) is 9.47 Å². The molecule has 0 saturated carbocycles. The van der Waals surface area contributed by atoms with Crippen molar-refractivity contribution >= 4 is 11.9 Å². The second-order valence-corrected chi connectivity index (χ2v) is 6.27. The van der Waals surface area contributed by atoms with Crippen LogP contribution in [0.5, 0.6) is 0 Å². The van der Waals surface area contributed by atoms with Crippen molar-refractivity contribution < 1.29 is 19.1 Å². The average molecular weight is 359 g/mol. The number of carbonyl (C=O) groups excluding carboxylic acids is 2. The summed E-state index contributed by atoms with van der Waals surface area (Å²) >= 11 is 0. The van der Waals surface area contributed by atoms with Gasteiger partial charge < -0.3 is 9.47 Å². The normalized spacial score (nSPS) is 16.7. The highest BCUT2D eigenvalue weighted by molar-refractivity contribution is 5.94. The Kier molecular flexibility index (Phi) is 4.66. The summed E-state index contributed by atoms with van der Waals surface area (Å²) in [7, 11) is 0. The monoisotopic (exact) mass is 359 g/mol. The van der Waals surface area contributed by atoms with Crippen LogP contribution < -0.4 is 0 Å². The number of nitrogens with zero attached hydrogens (tertiary/aromatic N) is 1. The van der Waals surface area contributed by atoms with Gasteiger partial charge in [0, 0.05) is 24.4 Å². The van der Waals surface area contributed by atoms with E-state index >= 15 is 0 Å². The van der Waals surface area contributed by atoms with Gasteiger partial charge in [0.05, 0.1) is 5.56 Å². The number of hydrogen-bond donors (Lipinski definition) is 0. The zero-order valence-electron chi connectivity index (χ0n) is 14.4. The van der Waals surface area contributed by atoms with E-state index in [0.717, 1.165) is 16.7 Å². The molecule has 0 N–H and O–H groups in total. The summed E-state index contributed by atoms with van der Waals surface area (Å²) in [5, 5.41) is 0. The number of pyridine rings is 1. The smallest absolute Gasteiger partial charge is 0.348 e. The molecule has 0 radical (unpaired) electrons. The van der Waals surface area contributed by atoms with Gasteiger partial charge in [-0.2, -0.15) is 0 Å². The van der Waals surface area contributed by atoms with E-state index in [2.05, 4.69) is 4.98 Å². The van der Waals surface area contributed by atoms with Crippen molar-refractivity contribution in [1.82, 2.24) is 4.98 Å². The van der Waals surface area contributed by atoms with Crippen LogP contribution in [0.1, 0.15) is 33.2 Å². The molecule has 0 amide bonds. The molecule has 1 aliphatic rings. The largest absolute Gasteiger partial charge is 0.450 e. The first kappa shape index (κ1) is 17.0. The predicted octanol–water partition coefficient (Wildman–Crippen LogP) is 3.50. The summed E-state index contributed by atoms with van der Waals surface area (Å²) in [6.07, 6.45) is 2.04. The third kappa shape index (κ3) is 3.58. The van der Waals surface area contributed by atoms with Crippen molar-refractivity contribution in [3.63, 3.8) is 0 Å². The zero-order chi connectivity index (χ0) is 18.6. The van der Waals surface area contributed by atoms with Gasteiger partial charge in [0.2, 0.25) is 6.10 Å². The Balaban J connectivity index is 1.59. The van der Waals surface area contributed by atoms with E-state index in [1.807, 2.05) is 48.5 Å². The second kappa shape index (κ2) is 7.41. The fourth-order valence-corrected chi connectivity index (χ4v) is 3.14. The van der Waals surface area contributed by atoms with Gasteiger partial charge in [0.15, 0.2) is 6.10 Å². The SMILES string of the molecule is O=C1O[C@@H](C(=O)O[C@H](c2ccccc2)c2cccnc2)Cc2ccccc21. The quantitative estimate of drug-likeness (QED) is 0.667. The van der Waals surface area contributed by atoms with E-state index in [0.29, 0.717) is 12.0 Å². The van der Waals surface area contributed by atoms with Gasteiger partial charge in [-0.25, -0.2) is 9.59 Å². The molecule has 0 aliphatic carbocycles. The molecule has 5 heteroatoms. The molecule has 2 heterocycles. The number of rotatable bonds is 4. The maximum absolute atomic E-state index is 12.8. The summed E-state index contributed by atoms with van der Waals surface area (Å²) in [5.41, 5.74) is 2.85. The Bertz CT molecular complexity index is 917. The van der Waals surface area contributed by atoms with E-state index in [1.54, 1.807) is 30.6 Å². The van der Waals surface area contributed by atoms with Crippen LogP contribution in [0.2, 0.25) is 0 Å². The number of benzene rings is 2. The zero-order valence-corrected chi connectivity index (χ0v) is 14.4. The standard InChI is InChI=1S/C22H17NO4/c24-21-18-11-5-4-9-16(18)13-19(26-21)22(25)27-20(15-7-2-1-3-8-15)17-10-6-12-23-14-17/h1-12,14,19-20H,13H2/t19-,20-/m1/s1. The van der Waals surface area contributed by atoms with Crippen LogP contribution in [0, 0.1) is 0 Å². The van der Waals surface area contributed by atoms with Crippen molar-refractivity contribution in [2.75, 3.05) is 0 Å². The van der Waals surface area contributed by atoms with Crippen LogP contribution in [0.4, 0.5) is 0 Å². The number of ether oxygens (including phenoxy) is 2. The average Bonchev–Trinajstić information content (AvgIpc) is 2.73. The van der Waals surface area contributed by atoms with Crippen molar-refractivity contribution in [3.8, 4) is 0 Å². The van der Waals surface area contributed by atoms with Gasteiger partial charge in [0.25, 0.3) is 0 Å². The molecule has 0 saturated heterocycles. The van der Waals surface area contributed by atoms with Gasteiger partial charge in [-0.1, -0.05) is 54.6 Å². The topological polar surface area (TPSA) is 65.5 Å². The number of fused-ring (bicyclic) bond motifs is 1. The van der Waals surface area contributed by atoms with Gasteiger partial charge in [-0.3, -0.25) is 4.98 Å². The van der Waals surface area contributed by atoms with E-state index in [1.165, 1.54) is 0 Å². The molecule has 1 aromatic heterocycles. The Morgan fingerprint density at radius 3 is 2.52 bits per heavy atom. The van der Waals surface area contributed by atoms with Gasteiger partial charge >= 0.3 is 11.9 Å². The molecule has 0 spiro atoms. The second-order valence-electron chi connectivity index (χ2n) is 6.27. The Morgan fingerprint density at radius 2 is 1.74 bits per heavy atom. The lowest BCUT2D eigenvalue weighted by Gasteiger charge is -2.26. The van der Waals surface area contributed by atoms with Crippen LogP contribution in [-0.4, -0.2) is 23.0 Å². The van der Waals surface area contributed by atoms with Crippen LogP contribution in [0.15, 0.2) is 79.1 Å². The van der Waals surface area contributed by atoms with Crippen LogP contribution in [0.3, 0.4) is 0 Å². The Hall–Kier alpha value is -3.47. The summed E-state index contributed by atoms with van der Waals surface area (Å²) in [4.78, 5) is 29.1. The van der Waals surface area contributed by atoms with Gasteiger partial charge in [0.1, 0.15) is 0 Å². The molecule has 134 valence electrons. The third-order valence-corrected chi connectivity index (χ3v) is 4.48. The fourth-order valence-electron chi connectivity index (χ4n) is 3.14. The summed E-state index contributed by atoms with van der Waals surface area (Å²) in [5.74, 6) is -1.08. The lowest BCUT2D eigenvalue weighted by molar-refractivity contribution is -0.158. The number of carbonyl (C=O) groups is 2. The maximum atomic E-state index is 12.8. The molecular formula is C22H17NO4. The molecule has 0 bridgehead atoms. The minimum Gasteiger partial charge on any atom is -0.450 e. The van der Waals surface area contributed by atoms with Crippen LogP contribution in [0.25, 0.3) is 0 Å². The summed E-state index contributed by atoms with van der Waals surface area (Å²) in [6.45, 7) is 0. The summed E-state index contributed by atoms with van der Waals surface area (Å²) in [6, 6.07) is 20.2. The molecule has 3 aromatic rings. The number of hydrogen-bond acceptors (Lipinski definition) is 5. The van der Waals surface area contributed by atoms with Crippen LogP contribution >= 0.6 is 0 Å². The fraction of sp³-hybridized carbons (Fsp3) is 0.136. The number of cyclic esters (lactones) is 1. The highest BCUT2D eigenvalue weighted by Crippen LogP contribution is 2.28. The third-order valence-electron chi connectivity index (χ3n) is 4.48. The van der Waals surface area contributed by atoms with Crippen molar-refractivity contribution in [2.24, 2.45) is 0 Å². The van der Waals surface area contributed by atoms with Crippen molar-refractivity contribution in [1.29, 1.82) is 0 Å². The lowest BCUT2D eigenvalue weighted by Crippen LogP contribution is -2.36. The molecule has 5 nitrogen and oxygen atoms in total. The molecule has 4 rings (SSSR count). The minimum atomic E-state index is -0.963. The minimum absolute atomic E-state index is 0.301. The first-order chi connectivity index (χ1) is 13.2. The Labute approximate surface area is 156 Å². The molecule has 2 aromatic carbocycles. The molecule has 1 aliphatic heterocycles. The van der Waals surface area contributed by atoms with E-state index in [-0.39, 0.29) is 0 Å². The number of esters is 2. The molecule has 2 atom stereocenters. The van der Waals surface area contributed by atoms with Crippen LogP contribution in [-0.2, 0) is 20.7 Å². The number of aromatic nitrogens is 1. The van der Waals surface area contributed by atoms with Gasteiger partial charge in [-0.15, -0.1) is 0 Å². The van der Waals surface area contributed by atoms with E-state index in [9.17, 15) is 9.59 Å². The van der Waals surface area contributed by atoms with Crippen molar-refractivity contribution in [2.45, 2.75) is 18.6 Å². The highest BCUT2D eigenvalue weighted by atomic mass is 16.6. The molecule has 0 unspecified atom stereocenters. The lowest BCUT2D eigenvalue weighted by atomic mass is 9.98. The molecular weight excluding hydrogens is 342 g/mol. The maximum Gasteiger partial charge on any atom is 0.348 e. The first-order valence-corrected chi connectivity index (χ1v) is 8.66. The van der Waals surface area contributed by atoms with Gasteiger partial charge in [-0.05, 0) is 23.3 Å².